The van der Waals surface area contributed by atoms with Crippen LogP contribution in [0.15, 0.2) is 22.6 Å². The Kier molecular flexibility index (Phi) is 2.70. The lowest BCUT2D eigenvalue weighted by Gasteiger charge is -2.00. The SMILES string of the molecule is C#CCNC(=O)c1cnc2sccn2c1=O. The van der Waals surface area contributed by atoms with Crippen molar-refractivity contribution in [1.29, 1.82) is 0 Å². The van der Waals surface area contributed by atoms with Crippen LogP contribution in [0.5, 0.6) is 0 Å². The highest BCUT2D eigenvalue weighted by atomic mass is 32.1. The topological polar surface area (TPSA) is 63.5 Å². The highest BCUT2D eigenvalue weighted by Gasteiger charge is 2.12. The minimum atomic E-state index is -0.504. The summed E-state index contributed by atoms with van der Waals surface area (Å²) < 4.78 is 1.33. The minimum absolute atomic E-state index is 0.00819. The number of amides is 1. The second-order valence-corrected chi connectivity index (χ2v) is 3.79. The quantitative estimate of drug-likeness (QED) is 0.749. The summed E-state index contributed by atoms with van der Waals surface area (Å²) in [5.41, 5.74) is -0.396. The maximum absolute atomic E-state index is 11.8. The van der Waals surface area contributed by atoms with E-state index in [0.717, 1.165) is 0 Å². The number of hydrogen-bond acceptors (Lipinski definition) is 4. The Balaban J connectivity index is 2.46. The summed E-state index contributed by atoms with van der Waals surface area (Å²) in [5.74, 6) is 1.76. The van der Waals surface area contributed by atoms with E-state index in [4.69, 9.17) is 6.42 Å². The third kappa shape index (κ3) is 1.68. The molecule has 6 heteroatoms. The third-order valence-corrected chi connectivity index (χ3v) is 2.71. The number of thiazole rings is 1. The van der Waals surface area contributed by atoms with Gasteiger partial charge in [0.25, 0.3) is 11.5 Å². The second-order valence-electron chi connectivity index (χ2n) is 2.92. The Bertz CT molecular complexity index is 635. The van der Waals surface area contributed by atoms with Gasteiger partial charge in [-0.3, -0.25) is 14.0 Å². The van der Waals surface area contributed by atoms with Crippen molar-refractivity contribution < 1.29 is 4.79 Å². The number of hydrogen-bond donors (Lipinski definition) is 1. The minimum Gasteiger partial charge on any atom is -0.341 e. The molecule has 2 aromatic rings. The van der Waals surface area contributed by atoms with Gasteiger partial charge in [0, 0.05) is 17.8 Å². The summed E-state index contributed by atoms with van der Waals surface area (Å²) in [4.78, 5) is 27.9. The number of fused-ring (bicyclic) bond motifs is 1. The Labute approximate surface area is 94.8 Å². The molecule has 1 amide bonds. The fourth-order valence-electron chi connectivity index (χ4n) is 1.21. The molecular weight excluding hydrogens is 226 g/mol. The first-order valence-electron chi connectivity index (χ1n) is 4.40. The molecule has 0 aliphatic carbocycles. The Morgan fingerprint density at radius 1 is 1.69 bits per heavy atom. The molecule has 0 aliphatic heterocycles. The maximum atomic E-state index is 11.8. The van der Waals surface area contributed by atoms with Crippen molar-refractivity contribution in [2.24, 2.45) is 0 Å². The van der Waals surface area contributed by atoms with Gasteiger partial charge in [-0.25, -0.2) is 4.98 Å². The van der Waals surface area contributed by atoms with Crippen LogP contribution < -0.4 is 10.9 Å². The number of terminal acetylenes is 1. The van der Waals surface area contributed by atoms with Crippen molar-refractivity contribution in [3.05, 3.63) is 33.7 Å². The van der Waals surface area contributed by atoms with Gasteiger partial charge in [0.1, 0.15) is 5.56 Å². The van der Waals surface area contributed by atoms with Crippen molar-refractivity contribution in [3.8, 4) is 12.3 Å². The fourth-order valence-corrected chi connectivity index (χ4v) is 1.88. The smallest absolute Gasteiger partial charge is 0.271 e. The van der Waals surface area contributed by atoms with Crippen LogP contribution in [-0.2, 0) is 0 Å². The number of carbonyl (C=O) groups is 1. The maximum Gasteiger partial charge on any atom is 0.271 e. The van der Waals surface area contributed by atoms with Crippen molar-refractivity contribution in [1.82, 2.24) is 14.7 Å². The van der Waals surface area contributed by atoms with Crippen molar-refractivity contribution in [3.63, 3.8) is 0 Å². The van der Waals surface area contributed by atoms with Crippen LogP contribution in [0.1, 0.15) is 10.4 Å². The van der Waals surface area contributed by atoms with Crippen LogP contribution in [-0.4, -0.2) is 21.8 Å². The van der Waals surface area contributed by atoms with Crippen LogP contribution in [0.2, 0.25) is 0 Å². The van der Waals surface area contributed by atoms with Crippen LogP contribution in [0.4, 0.5) is 0 Å². The molecule has 0 unspecified atom stereocenters. The number of nitrogens with one attached hydrogen (secondary N) is 1. The molecule has 16 heavy (non-hydrogen) atoms. The van der Waals surface area contributed by atoms with Gasteiger partial charge in [-0.1, -0.05) is 5.92 Å². The summed E-state index contributed by atoms with van der Waals surface area (Å²) in [6.07, 6.45) is 7.85. The van der Waals surface area contributed by atoms with Gasteiger partial charge in [0.05, 0.1) is 6.54 Å². The van der Waals surface area contributed by atoms with Crippen LogP contribution >= 0.6 is 11.3 Å². The molecule has 0 bridgehead atoms. The first kappa shape index (κ1) is 10.4. The molecule has 0 spiro atoms. The molecule has 0 atom stereocenters. The number of nitrogens with zero attached hydrogens (tertiary/aromatic N) is 2. The van der Waals surface area contributed by atoms with Gasteiger partial charge in [0.2, 0.25) is 0 Å². The Hall–Kier alpha value is -2.13. The van der Waals surface area contributed by atoms with Crippen molar-refractivity contribution >= 4 is 22.2 Å². The molecule has 5 nitrogen and oxygen atoms in total. The molecule has 0 aliphatic rings. The molecule has 0 aromatic carbocycles. The third-order valence-electron chi connectivity index (χ3n) is 1.94. The summed E-state index contributed by atoms with van der Waals surface area (Å²) in [6.45, 7) is 0.0879. The normalized spacial score (nSPS) is 9.94. The largest absolute Gasteiger partial charge is 0.341 e. The summed E-state index contributed by atoms with van der Waals surface area (Å²) in [5, 5.41) is 4.15. The van der Waals surface area contributed by atoms with Crippen molar-refractivity contribution in [2.45, 2.75) is 0 Å². The monoisotopic (exact) mass is 233 g/mol. The first-order valence-corrected chi connectivity index (χ1v) is 5.28. The van der Waals surface area contributed by atoms with Crippen LogP contribution in [0.25, 0.3) is 4.96 Å². The zero-order valence-corrected chi connectivity index (χ0v) is 8.95. The zero-order valence-electron chi connectivity index (χ0n) is 8.14. The number of aromatic nitrogens is 2. The van der Waals surface area contributed by atoms with E-state index >= 15 is 0 Å². The molecule has 0 saturated carbocycles. The molecule has 2 rings (SSSR count). The van der Waals surface area contributed by atoms with Crippen LogP contribution in [0.3, 0.4) is 0 Å². The molecule has 1 N–H and O–H groups in total. The van der Waals surface area contributed by atoms with E-state index in [-0.39, 0.29) is 17.7 Å². The van der Waals surface area contributed by atoms with Crippen molar-refractivity contribution in [2.75, 3.05) is 6.54 Å². The summed E-state index contributed by atoms with van der Waals surface area (Å²) >= 11 is 1.33. The molecule has 80 valence electrons. The molecule has 2 heterocycles. The number of carbonyl (C=O) groups excluding carboxylic acids is 1. The van der Waals surface area contributed by atoms with Gasteiger partial charge in [0.15, 0.2) is 4.96 Å². The molecule has 0 radical (unpaired) electrons. The van der Waals surface area contributed by atoms with Gasteiger partial charge >= 0.3 is 0 Å². The first-order chi connectivity index (χ1) is 7.74. The Morgan fingerprint density at radius 3 is 3.25 bits per heavy atom. The lowest BCUT2D eigenvalue weighted by atomic mass is 10.3. The fraction of sp³-hybridized carbons (Fsp3) is 0.100. The summed E-state index contributed by atoms with van der Waals surface area (Å²) in [6, 6.07) is 0. The van der Waals surface area contributed by atoms with Gasteiger partial charge < -0.3 is 5.32 Å². The second kappa shape index (κ2) is 4.16. The zero-order chi connectivity index (χ0) is 11.5. The van der Waals surface area contributed by atoms with Crippen LogP contribution in [0, 0.1) is 12.3 Å². The van der Waals surface area contributed by atoms with Gasteiger partial charge in [-0.05, 0) is 0 Å². The van der Waals surface area contributed by atoms with E-state index in [1.54, 1.807) is 11.6 Å². The van der Waals surface area contributed by atoms with E-state index in [1.807, 2.05) is 0 Å². The lowest BCUT2D eigenvalue weighted by molar-refractivity contribution is 0.0956. The average molecular weight is 233 g/mol. The summed E-state index contributed by atoms with van der Waals surface area (Å²) in [7, 11) is 0. The average Bonchev–Trinajstić information content (AvgIpc) is 2.75. The highest BCUT2D eigenvalue weighted by molar-refractivity contribution is 7.15. The standard InChI is InChI=1S/C10H7N3O2S/c1-2-3-11-8(14)7-6-12-10-13(9(7)15)4-5-16-10/h1,4-6H,3H2,(H,11,14). The molecule has 2 aromatic heterocycles. The van der Waals surface area contributed by atoms with E-state index in [2.05, 4.69) is 16.2 Å². The van der Waals surface area contributed by atoms with Gasteiger partial charge in [-0.2, -0.15) is 0 Å². The number of rotatable bonds is 2. The highest BCUT2D eigenvalue weighted by Crippen LogP contribution is 2.05. The van der Waals surface area contributed by atoms with E-state index in [0.29, 0.717) is 4.96 Å². The predicted octanol–water partition coefficient (Wildman–Crippen LogP) is 0.119. The molecule has 0 saturated heterocycles. The van der Waals surface area contributed by atoms with E-state index in [9.17, 15) is 9.59 Å². The Morgan fingerprint density at radius 2 is 2.50 bits per heavy atom. The predicted molar refractivity (Wildman–Crippen MR) is 60.5 cm³/mol. The lowest BCUT2D eigenvalue weighted by Crippen LogP contribution is -2.31. The molecule has 0 fully saturated rings. The molecular formula is C10H7N3O2S. The van der Waals surface area contributed by atoms with E-state index in [1.165, 1.54) is 21.9 Å². The van der Waals surface area contributed by atoms with Gasteiger partial charge in [-0.15, -0.1) is 17.8 Å². The van der Waals surface area contributed by atoms with E-state index < -0.39 is 5.91 Å².